The number of anilines is 1. The molecule has 0 radical (unpaired) electrons. The lowest BCUT2D eigenvalue weighted by molar-refractivity contribution is 0.184. The summed E-state index contributed by atoms with van der Waals surface area (Å²) in [7, 11) is 1.69. The summed E-state index contributed by atoms with van der Waals surface area (Å²) in [5.41, 5.74) is 1.84. The highest BCUT2D eigenvalue weighted by atomic mass is 16.5. The summed E-state index contributed by atoms with van der Waals surface area (Å²) < 4.78 is 5.19. The van der Waals surface area contributed by atoms with Gasteiger partial charge in [-0.3, -0.25) is 0 Å². The van der Waals surface area contributed by atoms with Crippen molar-refractivity contribution in [2.45, 2.75) is 19.4 Å². The lowest BCUT2D eigenvalue weighted by Gasteiger charge is -2.15. The molecule has 23 heavy (non-hydrogen) atoms. The number of nitrogens with one attached hydrogen (secondary N) is 1. The largest absolute Gasteiger partial charge is 0.383 e. The Labute approximate surface area is 135 Å². The van der Waals surface area contributed by atoms with Gasteiger partial charge in [0.05, 0.1) is 24.5 Å². The number of hydrogen-bond donors (Lipinski definition) is 1. The van der Waals surface area contributed by atoms with Crippen molar-refractivity contribution in [3.8, 4) is 11.3 Å². The number of methoxy groups -OCH3 is 1. The van der Waals surface area contributed by atoms with Crippen LogP contribution < -0.4 is 5.32 Å². The van der Waals surface area contributed by atoms with Crippen LogP contribution in [0.25, 0.3) is 22.0 Å². The molecule has 3 rings (SSSR count). The van der Waals surface area contributed by atoms with E-state index in [-0.39, 0.29) is 6.04 Å². The first-order valence-corrected chi connectivity index (χ1v) is 7.74. The molecule has 0 aliphatic carbocycles. The Morgan fingerprint density at radius 2 is 1.96 bits per heavy atom. The summed E-state index contributed by atoms with van der Waals surface area (Å²) in [4.78, 5) is 4.58. The SMILES string of the molecule is CCC(COC)Nc1nncc(-c2ccc3ccccc3c2)n1. The fourth-order valence-electron chi connectivity index (χ4n) is 2.50. The number of rotatable bonds is 6. The van der Waals surface area contributed by atoms with Crippen LogP contribution in [-0.4, -0.2) is 34.9 Å². The highest BCUT2D eigenvalue weighted by Crippen LogP contribution is 2.23. The normalized spacial score (nSPS) is 12.3. The van der Waals surface area contributed by atoms with E-state index in [4.69, 9.17) is 4.74 Å². The standard InChI is InChI=1S/C18H20N4O/c1-3-16(12-23-2)20-18-21-17(11-19-22-18)15-9-8-13-6-4-5-7-14(13)10-15/h4-11,16H,3,12H2,1-2H3,(H,20,21,22). The van der Waals surface area contributed by atoms with Crippen molar-refractivity contribution >= 4 is 16.7 Å². The van der Waals surface area contributed by atoms with E-state index in [2.05, 4.69) is 57.8 Å². The first-order valence-electron chi connectivity index (χ1n) is 7.74. The Morgan fingerprint density at radius 3 is 2.74 bits per heavy atom. The predicted octanol–water partition coefficient (Wildman–Crippen LogP) is 3.53. The molecule has 1 unspecified atom stereocenters. The Morgan fingerprint density at radius 1 is 1.13 bits per heavy atom. The van der Waals surface area contributed by atoms with E-state index >= 15 is 0 Å². The zero-order chi connectivity index (χ0) is 16.1. The molecule has 0 aliphatic heterocycles. The monoisotopic (exact) mass is 308 g/mol. The summed E-state index contributed by atoms with van der Waals surface area (Å²) in [6.07, 6.45) is 2.62. The van der Waals surface area contributed by atoms with E-state index in [1.807, 2.05) is 12.1 Å². The molecular weight excluding hydrogens is 288 g/mol. The van der Waals surface area contributed by atoms with Crippen LogP contribution in [0.2, 0.25) is 0 Å². The second kappa shape index (κ2) is 7.15. The third-order valence-corrected chi connectivity index (χ3v) is 3.80. The fourth-order valence-corrected chi connectivity index (χ4v) is 2.50. The molecule has 0 spiro atoms. The van der Waals surface area contributed by atoms with Crippen LogP contribution in [0.15, 0.2) is 48.7 Å². The maximum absolute atomic E-state index is 5.19. The zero-order valence-electron chi connectivity index (χ0n) is 13.4. The van der Waals surface area contributed by atoms with Gasteiger partial charge in [0.15, 0.2) is 0 Å². The summed E-state index contributed by atoms with van der Waals surface area (Å²) in [6.45, 7) is 2.71. The number of hydrogen-bond acceptors (Lipinski definition) is 5. The number of fused-ring (bicyclic) bond motifs is 1. The molecule has 5 nitrogen and oxygen atoms in total. The molecule has 1 aromatic heterocycles. The van der Waals surface area contributed by atoms with Crippen LogP contribution >= 0.6 is 0 Å². The smallest absolute Gasteiger partial charge is 0.243 e. The van der Waals surface area contributed by atoms with E-state index in [0.29, 0.717) is 12.6 Å². The second-order valence-electron chi connectivity index (χ2n) is 5.43. The highest BCUT2D eigenvalue weighted by Gasteiger charge is 2.09. The number of ether oxygens (including phenoxy) is 1. The van der Waals surface area contributed by atoms with Crippen LogP contribution in [0.5, 0.6) is 0 Å². The Hall–Kier alpha value is -2.53. The topological polar surface area (TPSA) is 59.9 Å². The van der Waals surface area contributed by atoms with Gasteiger partial charge < -0.3 is 10.1 Å². The van der Waals surface area contributed by atoms with E-state index < -0.39 is 0 Å². The van der Waals surface area contributed by atoms with Gasteiger partial charge in [-0.25, -0.2) is 4.98 Å². The Bertz CT molecular complexity index is 791. The van der Waals surface area contributed by atoms with Crippen molar-refractivity contribution in [2.75, 3.05) is 19.0 Å². The van der Waals surface area contributed by atoms with E-state index in [1.54, 1.807) is 13.3 Å². The number of aromatic nitrogens is 3. The minimum atomic E-state index is 0.175. The predicted molar refractivity (Wildman–Crippen MR) is 92.3 cm³/mol. The molecule has 5 heteroatoms. The average molecular weight is 308 g/mol. The van der Waals surface area contributed by atoms with Gasteiger partial charge in [0.25, 0.3) is 0 Å². The quantitative estimate of drug-likeness (QED) is 0.755. The summed E-state index contributed by atoms with van der Waals surface area (Å²) in [5, 5.41) is 13.8. The summed E-state index contributed by atoms with van der Waals surface area (Å²) in [5.74, 6) is 0.527. The molecule has 0 aliphatic rings. The molecule has 3 aromatic rings. The first-order chi connectivity index (χ1) is 11.3. The van der Waals surface area contributed by atoms with Gasteiger partial charge in [0.2, 0.25) is 5.95 Å². The van der Waals surface area contributed by atoms with Gasteiger partial charge in [-0.05, 0) is 23.3 Å². The van der Waals surface area contributed by atoms with Gasteiger partial charge in [-0.15, -0.1) is 5.10 Å². The first kappa shape index (κ1) is 15.4. The molecule has 0 bridgehead atoms. The molecule has 0 amide bonds. The molecule has 118 valence electrons. The Kier molecular flexibility index (Phi) is 4.78. The van der Waals surface area contributed by atoms with Gasteiger partial charge in [0, 0.05) is 12.7 Å². The second-order valence-corrected chi connectivity index (χ2v) is 5.43. The third-order valence-electron chi connectivity index (χ3n) is 3.80. The van der Waals surface area contributed by atoms with Crippen molar-refractivity contribution in [1.29, 1.82) is 0 Å². The van der Waals surface area contributed by atoms with Crippen molar-refractivity contribution in [1.82, 2.24) is 15.2 Å². The minimum Gasteiger partial charge on any atom is -0.383 e. The van der Waals surface area contributed by atoms with E-state index in [9.17, 15) is 0 Å². The van der Waals surface area contributed by atoms with Crippen molar-refractivity contribution in [2.24, 2.45) is 0 Å². The molecule has 0 fully saturated rings. The van der Waals surface area contributed by atoms with Gasteiger partial charge in [-0.1, -0.05) is 43.3 Å². The average Bonchev–Trinajstić information content (AvgIpc) is 2.61. The number of nitrogens with zero attached hydrogens (tertiary/aromatic N) is 3. The highest BCUT2D eigenvalue weighted by molar-refractivity contribution is 5.86. The van der Waals surface area contributed by atoms with Crippen molar-refractivity contribution in [3.05, 3.63) is 48.7 Å². The lowest BCUT2D eigenvalue weighted by atomic mass is 10.1. The van der Waals surface area contributed by atoms with Crippen LogP contribution in [0, 0.1) is 0 Å². The van der Waals surface area contributed by atoms with Crippen molar-refractivity contribution in [3.63, 3.8) is 0 Å². The summed E-state index contributed by atoms with van der Waals surface area (Å²) in [6, 6.07) is 14.7. The van der Waals surface area contributed by atoms with E-state index in [1.165, 1.54) is 10.8 Å². The molecule has 0 saturated heterocycles. The molecule has 1 heterocycles. The molecule has 0 saturated carbocycles. The maximum Gasteiger partial charge on any atom is 0.243 e. The summed E-state index contributed by atoms with van der Waals surface area (Å²) >= 11 is 0. The molecule has 2 aromatic carbocycles. The molecule has 1 N–H and O–H groups in total. The molecule has 1 atom stereocenters. The van der Waals surface area contributed by atoms with Gasteiger partial charge in [0.1, 0.15) is 0 Å². The van der Waals surface area contributed by atoms with E-state index in [0.717, 1.165) is 17.7 Å². The minimum absolute atomic E-state index is 0.175. The van der Waals surface area contributed by atoms with Crippen LogP contribution in [-0.2, 0) is 4.74 Å². The van der Waals surface area contributed by atoms with Crippen LogP contribution in [0.3, 0.4) is 0 Å². The maximum atomic E-state index is 5.19. The molecular formula is C18H20N4O. The lowest BCUT2D eigenvalue weighted by Crippen LogP contribution is -2.25. The zero-order valence-corrected chi connectivity index (χ0v) is 13.4. The van der Waals surface area contributed by atoms with Gasteiger partial charge >= 0.3 is 0 Å². The van der Waals surface area contributed by atoms with Crippen LogP contribution in [0.4, 0.5) is 5.95 Å². The third kappa shape index (κ3) is 3.63. The Balaban J connectivity index is 1.88. The van der Waals surface area contributed by atoms with Crippen molar-refractivity contribution < 1.29 is 4.74 Å². The van der Waals surface area contributed by atoms with Crippen LogP contribution in [0.1, 0.15) is 13.3 Å². The number of benzene rings is 2. The fraction of sp³-hybridized carbons (Fsp3) is 0.278. The van der Waals surface area contributed by atoms with Gasteiger partial charge in [-0.2, -0.15) is 5.10 Å².